The molecule has 3 aromatic rings. The van der Waals surface area contributed by atoms with Gasteiger partial charge in [0.25, 0.3) is 0 Å². The van der Waals surface area contributed by atoms with Crippen molar-refractivity contribution in [3.63, 3.8) is 0 Å². The van der Waals surface area contributed by atoms with Crippen LogP contribution in [0.5, 0.6) is 5.75 Å². The van der Waals surface area contributed by atoms with Crippen LogP contribution in [0.25, 0.3) is 6.08 Å². The number of anilines is 2. The number of rotatable bonds is 6. The molecular weight excluding hydrogens is 310 g/mol. The molecule has 1 N–H and O–H groups in total. The smallest absolute Gasteiger partial charge is 0.185 e. The quantitative estimate of drug-likeness (QED) is 0.490. The lowest BCUT2D eigenvalue weighted by atomic mass is 10.1. The second kappa shape index (κ2) is 7.97. The van der Waals surface area contributed by atoms with E-state index in [-0.39, 0.29) is 5.78 Å². The van der Waals surface area contributed by atoms with Crippen molar-refractivity contribution in [2.75, 3.05) is 12.4 Å². The van der Waals surface area contributed by atoms with Crippen molar-refractivity contribution in [1.82, 2.24) is 0 Å². The summed E-state index contributed by atoms with van der Waals surface area (Å²) in [5, 5.41) is 3.30. The van der Waals surface area contributed by atoms with Gasteiger partial charge in [0.1, 0.15) is 5.75 Å². The summed E-state index contributed by atoms with van der Waals surface area (Å²) in [5.74, 6) is 0.770. The predicted molar refractivity (Wildman–Crippen MR) is 103 cm³/mol. The number of nitrogens with one attached hydrogen (secondary N) is 1. The van der Waals surface area contributed by atoms with E-state index in [2.05, 4.69) is 5.32 Å². The number of hydrogen-bond donors (Lipinski definition) is 1. The van der Waals surface area contributed by atoms with Gasteiger partial charge in [-0.25, -0.2) is 0 Å². The van der Waals surface area contributed by atoms with Gasteiger partial charge in [0.2, 0.25) is 0 Å². The molecule has 0 fully saturated rings. The molecule has 0 saturated heterocycles. The minimum atomic E-state index is -0.0259. The highest BCUT2D eigenvalue weighted by atomic mass is 16.5. The fourth-order valence-electron chi connectivity index (χ4n) is 2.39. The monoisotopic (exact) mass is 329 g/mol. The summed E-state index contributed by atoms with van der Waals surface area (Å²) in [6.07, 6.45) is 3.39. The molecule has 0 aromatic heterocycles. The van der Waals surface area contributed by atoms with Crippen molar-refractivity contribution >= 4 is 23.2 Å². The second-order valence-corrected chi connectivity index (χ2v) is 5.54. The van der Waals surface area contributed by atoms with Gasteiger partial charge in [0.05, 0.1) is 7.11 Å². The lowest BCUT2D eigenvalue weighted by molar-refractivity contribution is 0.104. The molecule has 124 valence electrons. The maximum atomic E-state index is 12.3. The summed E-state index contributed by atoms with van der Waals surface area (Å²) >= 11 is 0. The van der Waals surface area contributed by atoms with E-state index in [9.17, 15) is 4.79 Å². The molecule has 3 heteroatoms. The number of ketones is 1. The number of methoxy groups -OCH3 is 1. The molecule has 0 amide bonds. The Bertz CT molecular complexity index is 851. The largest absolute Gasteiger partial charge is 0.497 e. The van der Waals surface area contributed by atoms with Crippen molar-refractivity contribution in [3.8, 4) is 5.75 Å². The van der Waals surface area contributed by atoms with Crippen LogP contribution in [0.3, 0.4) is 0 Å². The van der Waals surface area contributed by atoms with E-state index in [1.165, 1.54) is 0 Å². The predicted octanol–water partition coefficient (Wildman–Crippen LogP) is 5.33. The van der Waals surface area contributed by atoms with Gasteiger partial charge in [-0.1, -0.05) is 36.4 Å². The van der Waals surface area contributed by atoms with E-state index in [0.29, 0.717) is 5.56 Å². The third-order valence-corrected chi connectivity index (χ3v) is 3.77. The van der Waals surface area contributed by atoms with Crippen LogP contribution in [0.1, 0.15) is 15.9 Å². The number of carbonyl (C=O) groups excluding carboxylic acids is 1. The standard InChI is InChI=1S/C22H19NO2/c1-25-21-14-7-17(8-15-21)9-16-22(24)18-10-12-20(13-11-18)23-19-5-3-2-4-6-19/h2-16,23H,1H3/b16-9+. The third kappa shape index (κ3) is 4.58. The Morgan fingerprint density at radius 3 is 2.12 bits per heavy atom. The van der Waals surface area contributed by atoms with Crippen LogP contribution in [0.15, 0.2) is 84.9 Å². The van der Waals surface area contributed by atoms with Crippen LogP contribution in [-0.4, -0.2) is 12.9 Å². The van der Waals surface area contributed by atoms with E-state index < -0.39 is 0 Å². The molecule has 25 heavy (non-hydrogen) atoms. The van der Waals surface area contributed by atoms with Crippen LogP contribution in [0.2, 0.25) is 0 Å². The molecule has 0 bridgehead atoms. The van der Waals surface area contributed by atoms with E-state index >= 15 is 0 Å². The van der Waals surface area contributed by atoms with Crippen LogP contribution in [0.4, 0.5) is 11.4 Å². The summed E-state index contributed by atoms with van der Waals surface area (Å²) in [4.78, 5) is 12.3. The number of para-hydroxylation sites is 1. The Kier molecular flexibility index (Phi) is 5.27. The summed E-state index contributed by atoms with van der Waals surface area (Å²) in [6.45, 7) is 0. The van der Waals surface area contributed by atoms with Crippen LogP contribution in [-0.2, 0) is 0 Å². The van der Waals surface area contributed by atoms with Gasteiger partial charge in [-0.2, -0.15) is 0 Å². The zero-order valence-corrected chi connectivity index (χ0v) is 14.0. The number of carbonyl (C=O) groups is 1. The van der Waals surface area contributed by atoms with Crippen LogP contribution in [0, 0.1) is 0 Å². The average Bonchev–Trinajstić information content (AvgIpc) is 2.68. The maximum absolute atomic E-state index is 12.3. The average molecular weight is 329 g/mol. The molecule has 0 radical (unpaired) electrons. The van der Waals surface area contributed by atoms with Gasteiger partial charge in [-0.15, -0.1) is 0 Å². The molecule has 0 heterocycles. The molecule has 0 aliphatic carbocycles. The normalized spacial score (nSPS) is 10.6. The first-order valence-electron chi connectivity index (χ1n) is 8.03. The molecule has 0 unspecified atom stereocenters. The first-order chi connectivity index (χ1) is 12.2. The Morgan fingerprint density at radius 2 is 1.48 bits per heavy atom. The lowest BCUT2D eigenvalue weighted by Gasteiger charge is -2.06. The molecule has 3 aromatic carbocycles. The Morgan fingerprint density at radius 1 is 0.840 bits per heavy atom. The van der Waals surface area contributed by atoms with Gasteiger partial charge < -0.3 is 10.1 Å². The highest BCUT2D eigenvalue weighted by Gasteiger charge is 2.02. The molecule has 0 aliphatic heterocycles. The third-order valence-electron chi connectivity index (χ3n) is 3.77. The van der Waals surface area contributed by atoms with Gasteiger partial charge in [0.15, 0.2) is 5.78 Å². The Balaban J connectivity index is 1.64. The molecule has 3 rings (SSSR count). The lowest BCUT2D eigenvalue weighted by Crippen LogP contribution is -1.95. The van der Waals surface area contributed by atoms with Crippen LogP contribution >= 0.6 is 0 Å². The van der Waals surface area contributed by atoms with Crippen molar-refractivity contribution in [3.05, 3.63) is 96.1 Å². The maximum Gasteiger partial charge on any atom is 0.185 e. The SMILES string of the molecule is COc1ccc(/C=C/C(=O)c2ccc(Nc3ccccc3)cc2)cc1. The van der Waals surface area contributed by atoms with E-state index in [0.717, 1.165) is 22.7 Å². The topological polar surface area (TPSA) is 38.3 Å². The summed E-state index contributed by atoms with van der Waals surface area (Å²) in [7, 11) is 1.63. The molecule has 3 nitrogen and oxygen atoms in total. The number of allylic oxidation sites excluding steroid dienone is 1. The van der Waals surface area contributed by atoms with Gasteiger partial charge in [-0.05, 0) is 60.2 Å². The molecular formula is C22H19NO2. The molecule has 0 spiro atoms. The second-order valence-electron chi connectivity index (χ2n) is 5.54. The Labute approximate surface area is 147 Å². The van der Waals surface area contributed by atoms with Crippen LogP contribution < -0.4 is 10.1 Å². The first kappa shape index (κ1) is 16.5. The Hall–Kier alpha value is -3.33. The molecule has 0 saturated carbocycles. The minimum absolute atomic E-state index is 0.0259. The first-order valence-corrected chi connectivity index (χ1v) is 8.03. The molecule has 0 atom stereocenters. The zero-order chi connectivity index (χ0) is 17.5. The summed E-state index contributed by atoms with van der Waals surface area (Å²) < 4.78 is 5.12. The van der Waals surface area contributed by atoms with E-state index in [1.807, 2.05) is 78.9 Å². The van der Waals surface area contributed by atoms with Gasteiger partial charge in [0, 0.05) is 16.9 Å². The van der Waals surface area contributed by atoms with E-state index in [1.54, 1.807) is 19.3 Å². The van der Waals surface area contributed by atoms with E-state index in [4.69, 9.17) is 4.74 Å². The molecule has 0 aliphatic rings. The summed E-state index contributed by atoms with van der Waals surface area (Å²) in [5.41, 5.74) is 3.57. The van der Waals surface area contributed by atoms with Crippen molar-refractivity contribution in [1.29, 1.82) is 0 Å². The number of ether oxygens (including phenoxy) is 1. The fourth-order valence-corrected chi connectivity index (χ4v) is 2.39. The highest BCUT2D eigenvalue weighted by Crippen LogP contribution is 2.17. The number of hydrogen-bond acceptors (Lipinski definition) is 3. The van der Waals surface area contributed by atoms with Gasteiger partial charge >= 0.3 is 0 Å². The van der Waals surface area contributed by atoms with Gasteiger partial charge in [-0.3, -0.25) is 4.79 Å². The van der Waals surface area contributed by atoms with Crippen molar-refractivity contribution in [2.45, 2.75) is 0 Å². The van der Waals surface area contributed by atoms with Crippen molar-refractivity contribution in [2.24, 2.45) is 0 Å². The zero-order valence-electron chi connectivity index (χ0n) is 14.0. The summed E-state index contributed by atoms with van der Waals surface area (Å²) in [6, 6.07) is 24.9. The minimum Gasteiger partial charge on any atom is -0.497 e. The number of benzene rings is 3. The van der Waals surface area contributed by atoms with Crippen molar-refractivity contribution < 1.29 is 9.53 Å². The highest BCUT2D eigenvalue weighted by molar-refractivity contribution is 6.07. The fraction of sp³-hybridized carbons (Fsp3) is 0.0455.